The molecule has 0 fully saturated rings. The summed E-state index contributed by atoms with van der Waals surface area (Å²) >= 11 is 0. The Morgan fingerprint density at radius 2 is 1.56 bits per heavy atom. The Bertz CT molecular complexity index is 180. The molecule has 1 aromatic rings. The SMILES string of the molecule is c1occ2c1CCCC2. The van der Waals surface area contributed by atoms with Gasteiger partial charge in [-0.05, 0) is 36.8 Å². The second kappa shape index (κ2) is 1.90. The van der Waals surface area contributed by atoms with Gasteiger partial charge in [-0.1, -0.05) is 0 Å². The molecule has 1 nitrogen and oxygen atoms in total. The first-order valence-electron chi connectivity index (χ1n) is 3.51. The monoisotopic (exact) mass is 122 g/mol. The van der Waals surface area contributed by atoms with Gasteiger partial charge in [-0.15, -0.1) is 0 Å². The van der Waals surface area contributed by atoms with Crippen molar-refractivity contribution in [3.8, 4) is 0 Å². The quantitative estimate of drug-likeness (QED) is 0.514. The van der Waals surface area contributed by atoms with E-state index in [4.69, 9.17) is 4.42 Å². The molecule has 9 heavy (non-hydrogen) atoms. The number of hydrogen-bond donors (Lipinski definition) is 0. The third kappa shape index (κ3) is 0.766. The first-order chi connectivity index (χ1) is 4.47. The molecule has 2 rings (SSSR count). The lowest BCUT2D eigenvalue weighted by molar-refractivity contribution is 0.563. The highest BCUT2D eigenvalue weighted by Gasteiger charge is 2.09. The summed E-state index contributed by atoms with van der Waals surface area (Å²) in [5.41, 5.74) is 2.86. The van der Waals surface area contributed by atoms with E-state index in [1.165, 1.54) is 36.8 Å². The number of rotatable bonds is 0. The summed E-state index contributed by atoms with van der Waals surface area (Å²) in [6.45, 7) is 0. The smallest absolute Gasteiger partial charge is 0.0937 e. The fourth-order valence-corrected chi connectivity index (χ4v) is 1.42. The van der Waals surface area contributed by atoms with Crippen molar-refractivity contribution in [2.45, 2.75) is 25.7 Å². The van der Waals surface area contributed by atoms with Gasteiger partial charge in [0.2, 0.25) is 0 Å². The minimum atomic E-state index is 1.23. The molecule has 0 aliphatic heterocycles. The van der Waals surface area contributed by atoms with Gasteiger partial charge < -0.3 is 4.42 Å². The van der Waals surface area contributed by atoms with Crippen LogP contribution in [0.4, 0.5) is 0 Å². The molecule has 0 amide bonds. The van der Waals surface area contributed by atoms with Gasteiger partial charge in [0.25, 0.3) is 0 Å². The highest BCUT2D eigenvalue weighted by molar-refractivity contribution is 5.22. The Morgan fingerprint density at radius 3 is 2.11 bits per heavy atom. The Kier molecular flexibility index (Phi) is 1.08. The molecule has 1 aliphatic carbocycles. The molecule has 0 aromatic carbocycles. The molecule has 0 bridgehead atoms. The van der Waals surface area contributed by atoms with Crippen LogP contribution in [0.25, 0.3) is 0 Å². The van der Waals surface area contributed by atoms with Gasteiger partial charge in [0.15, 0.2) is 0 Å². The highest BCUT2D eigenvalue weighted by atomic mass is 16.3. The number of aryl methyl sites for hydroxylation is 2. The predicted molar refractivity (Wildman–Crippen MR) is 35.4 cm³/mol. The van der Waals surface area contributed by atoms with Crippen LogP contribution in [0.1, 0.15) is 24.0 Å². The van der Waals surface area contributed by atoms with Gasteiger partial charge in [-0.2, -0.15) is 0 Å². The topological polar surface area (TPSA) is 13.1 Å². The molecule has 0 saturated carbocycles. The van der Waals surface area contributed by atoms with E-state index in [-0.39, 0.29) is 0 Å². The lowest BCUT2D eigenvalue weighted by Gasteiger charge is -2.07. The van der Waals surface area contributed by atoms with E-state index in [1.54, 1.807) is 0 Å². The van der Waals surface area contributed by atoms with Gasteiger partial charge in [-0.3, -0.25) is 0 Å². The lowest BCUT2D eigenvalue weighted by atomic mass is 9.96. The first kappa shape index (κ1) is 5.10. The molecule has 1 heterocycles. The van der Waals surface area contributed by atoms with Crippen molar-refractivity contribution in [1.82, 2.24) is 0 Å². The fourth-order valence-electron chi connectivity index (χ4n) is 1.42. The van der Waals surface area contributed by atoms with E-state index in [0.29, 0.717) is 0 Å². The van der Waals surface area contributed by atoms with E-state index in [1.807, 2.05) is 12.5 Å². The zero-order chi connectivity index (χ0) is 6.10. The molecule has 1 aromatic heterocycles. The van der Waals surface area contributed by atoms with Crippen LogP contribution >= 0.6 is 0 Å². The van der Waals surface area contributed by atoms with E-state index in [2.05, 4.69) is 0 Å². The summed E-state index contributed by atoms with van der Waals surface area (Å²) in [6, 6.07) is 0. The van der Waals surface area contributed by atoms with E-state index < -0.39 is 0 Å². The van der Waals surface area contributed by atoms with E-state index in [0.717, 1.165) is 0 Å². The zero-order valence-electron chi connectivity index (χ0n) is 5.39. The second-order valence-corrected chi connectivity index (χ2v) is 2.63. The van der Waals surface area contributed by atoms with Crippen LogP contribution in [0, 0.1) is 0 Å². The summed E-state index contributed by atoms with van der Waals surface area (Å²) in [5.74, 6) is 0. The third-order valence-corrected chi connectivity index (χ3v) is 1.98. The van der Waals surface area contributed by atoms with Gasteiger partial charge >= 0.3 is 0 Å². The van der Waals surface area contributed by atoms with E-state index >= 15 is 0 Å². The van der Waals surface area contributed by atoms with Crippen molar-refractivity contribution in [1.29, 1.82) is 0 Å². The predicted octanol–water partition coefficient (Wildman–Crippen LogP) is 2.16. The summed E-state index contributed by atoms with van der Waals surface area (Å²) in [7, 11) is 0. The Balaban J connectivity index is 2.39. The maximum atomic E-state index is 5.07. The molecule has 1 aliphatic rings. The third-order valence-electron chi connectivity index (χ3n) is 1.98. The van der Waals surface area contributed by atoms with E-state index in [9.17, 15) is 0 Å². The minimum absolute atomic E-state index is 1.23. The lowest BCUT2D eigenvalue weighted by Crippen LogP contribution is -1.97. The van der Waals surface area contributed by atoms with Crippen LogP contribution in [-0.2, 0) is 12.8 Å². The average molecular weight is 122 g/mol. The largest absolute Gasteiger partial charge is 0.472 e. The van der Waals surface area contributed by atoms with Gasteiger partial charge in [0.05, 0.1) is 12.5 Å². The maximum absolute atomic E-state index is 5.07. The normalized spacial score (nSPS) is 17.3. The molecule has 0 unspecified atom stereocenters. The number of furan rings is 1. The average Bonchev–Trinajstić information content (AvgIpc) is 2.33. The van der Waals surface area contributed by atoms with Gasteiger partial charge in [0.1, 0.15) is 0 Å². The molecule has 1 heteroatoms. The van der Waals surface area contributed by atoms with Crippen molar-refractivity contribution in [3.05, 3.63) is 23.7 Å². The molecule has 0 atom stereocenters. The first-order valence-corrected chi connectivity index (χ1v) is 3.51. The van der Waals surface area contributed by atoms with Crippen molar-refractivity contribution in [2.24, 2.45) is 0 Å². The Morgan fingerprint density at radius 1 is 1.00 bits per heavy atom. The van der Waals surface area contributed by atoms with Crippen molar-refractivity contribution in [3.63, 3.8) is 0 Å². The Hall–Kier alpha value is -0.720. The van der Waals surface area contributed by atoms with Crippen LogP contribution in [0.2, 0.25) is 0 Å². The molecule has 0 N–H and O–H groups in total. The molecule has 0 spiro atoms. The summed E-state index contributed by atoms with van der Waals surface area (Å²) < 4.78 is 5.07. The number of hydrogen-bond acceptors (Lipinski definition) is 1. The van der Waals surface area contributed by atoms with Crippen LogP contribution < -0.4 is 0 Å². The summed E-state index contributed by atoms with van der Waals surface area (Å²) in [6.07, 6.45) is 8.90. The van der Waals surface area contributed by atoms with Gasteiger partial charge in [-0.25, -0.2) is 0 Å². The Labute approximate surface area is 54.7 Å². The zero-order valence-corrected chi connectivity index (χ0v) is 5.39. The maximum Gasteiger partial charge on any atom is 0.0937 e. The molecular weight excluding hydrogens is 112 g/mol. The molecule has 0 saturated heterocycles. The van der Waals surface area contributed by atoms with Crippen molar-refractivity contribution < 1.29 is 4.42 Å². The van der Waals surface area contributed by atoms with Crippen LogP contribution in [0.3, 0.4) is 0 Å². The molecule has 0 radical (unpaired) electrons. The van der Waals surface area contributed by atoms with Gasteiger partial charge in [0, 0.05) is 0 Å². The molecule has 48 valence electrons. The van der Waals surface area contributed by atoms with Crippen LogP contribution in [-0.4, -0.2) is 0 Å². The van der Waals surface area contributed by atoms with Crippen LogP contribution in [0.15, 0.2) is 16.9 Å². The fraction of sp³-hybridized carbons (Fsp3) is 0.500. The highest BCUT2D eigenvalue weighted by Crippen LogP contribution is 2.20. The summed E-state index contributed by atoms with van der Waals surface area (Å²) in [4.78, 5) is 0. The summed E-state index contributed by atoms with van der Waals surface area (Å²) in [5, 5.41) is 0. The minimum Gasteiger partial charge on any atom is -0.472 e. The number of fused-ring (bicyclic) bond motifs is 1. The van der Waals surface area contributed by atoms with Crippen molar-refractivity contribution in [2.75, 3.05) is 0 Å². The molecular formula is C8H10O. The second-order valence-electron chi connectivity index (χ2n) is 2.63. The van der Waals surface area contributed by atoms with Crippen LogP contribution in [0.5, 0.6) is 0 Å². The standard InChI is InChI=1S/C8H10O/c1-2-4-8-6-9-5-7(8)3-1/h5-6H,1-4H2. The van der Waals surface area contributed by atoms with Crippen molar-refractivity contribution >= 4 is 0 Å².